The summed E-state index contributed by atoms with van der Waals surface area (Å²) in [5.41, 5.74) is 2.83. The van der Waals surface area contributed by atoms with Crippen molar-refractivity contribution in [3.05, 3.63) is 78.6 Å². The van der Waals surface area contributed by atoms with E-state index in [0.717, 1.165) is 29.9 Å². The predicted octanol–water partition coefficient (Wildman–Crippen LogP) is 3.55. The van der Waals surface area contributed by atoms with Gasteiger partial charge in [0.1, 0.15) is 11.5 Å². The van der Waals surface area contributed by atoms with Crippen molar-refractivity contribution in [3.8, 4) is 11.3 Å². The summed E-state index contributed by atoms with van der Waals surface area (Å²) in [6.45, 7) is 2.72. The molecule has 4 aromatic rings. The van der Waals surface area contributed by atoms with Gasteiger partial charge in [-0.25, -0.2) is 9.37 Å². The smallest absolute Gasteiger partial charge is 0.252 e. The van der Waals surface area contributed by atoms with Crippen LogP contribution in [0, 0.1) is 5.82 Å². The Morgan fingerprint density at radius 3 is 2.75 bits per heavy atom. The first-order chi connectivity index (χ1) is 13.6. The molecule has 6 nitrogen and oxygen atoms in total. The number of hydrogen-bond donors (Lipinski definition) is 1. The van der Waals surface area contributed by atoms with E-state index >= 15 is 0 Å². The number of nitrogens with zero attached hydrogens (tertiary/aromatic N) is 4. The number of carbonyl (C=O) groups is 1. The fraction of sp³-hybridized carbons (Fsp3) is 0.190. The predicted molar refractivity (Wildman–Crippen MR) is 104 cm³/mol. The van der Waals surface area contributed by atoms with Crippen molar-refractivity contribution < 1.29 is 9.18 Å². The number of benzene rings is 1. The fourth-order valence-corrected chi connectivity index (χ4v) is 3.02. The molecule has 1 amide bonds. The average molecular weight is 377 g/mol. The minimum Gasteiger partial charge on any atom is -0.349 e. The van der Waals surface area contributed by atoms with Crippen molar-refractivity contribution >= 4 is 11.6 Å². The molecule has 0 saturated carbocycles. The molecule has 3 heterocycles. The Kier molecular flexibility index (Phi) is 4.89. The molecule has 1 aromatic carbocycles. The van der Waals surface area contributed by atoms with E-state index in [0.29, 0.717) is 5.56 Å². The van der Waals surface area contributed by atoms with Crippen LogP contribution in [0.4, 0.5) is 4.39 Å². The number of aryl methyl sites for hydroxylation is 1. The summed E-state index contributed by atoms with van der Waals surface area (Å²) in [5, 5.41) is 7.18. The van der Waals surface area contributed by atoms with Crippen LogP contribution in [-0.4, -0.2) is 31.1 Å². The Bertz CT molecular complexity index is 1090. The minimum atomic E-state index is -0.284. The molecule has 0 saturated heterocycles. The zero-order valence-electron chi connectivity index (χ0n) is 15.4. The van der Waals surface area contributed by atoms with Crippen LogP contribution in [0.5, 0.6) is 0 Å². The highest BCUT2D eigenvalue weighted by atomic mass is 19.1. The quantitative estimate of drug-likeness (QED) is 0.559. The molecule has 0 aliphatic heterocycles. The lowest BCUT2D eigenvalue weighted by atomic mass is 10.2. The van der Waals surface area contributed by atoms with E-state index in [9.17, 15) is 9.18 Å². The highest BCUT2D eigenvalue weighted by Gasteiger charge is 2.12. The second-order valence-electron chi connectivity index (χ2n) is 6.75. The molecule has 0 unspecified atom stereocenters. The van der Waals surface area contributed by atoms with E-state index < -0.39 is 0 Å². The summed E-state index contributed by atoms with van der Waals surface area (Å²) in [4.78, 5) is 17.1. The monoisotopic (exact) mass is 377 g/mol. The molecule has 0 fully saturated rings. The molecule has 0 aliphatic rings. The first-order valence-electron chi connectivity index (χ1n) is 9.11. The van der Waals surface area contributed by atoms with Crippen molar-refractivity contribution in [3.63, 3.8) is 0 Å². The van der Waals surface area contributed by atoms with E-state index in [4.69, 9.17) is 0 Å². The van der Waals surface area contributed by atoms with Crippen molar-refractivity contribution in [2.45, 2.75) is 25.9 Å². The zero-order valence-corrected chi connectivity index (χ0v) is 15.4. The Hall–Kier alpha value is -3.48. The summed E-state index contributed by atoms with van der Waals surface area (Å²) in [5.74, 6) is -0.417. The van der Waals surface area contributed by atoms with Gasteiger partial charge in [0.2, 0.25) is 0 Å². The molecule has 3 aromatic heterocycles. The second kappa shape index (κ2) is 7.64. The number of rotatable bonds is 6. The maximum atomic E-state index is 13.1. The third-order valence-electron chi connectivity index (χ3n) is 4.58. The Balaban J connectivity index is 1.46. The van der Waals surface area contributed by atoms with Gasteiger partial charge in [-0.1, -0.05) is 0 Å². The molecule has 0 aliphatic carbocycles. The molecule has 28 heavy (non-hydrogen) atoms. The number of fused-ring (bicyclic) bond motifs is 1. The lowest BCUT2D eigenvalue weighted by molar-refractivity contribution is 0.0937. The third kappa shape index (κ3) is 3.93. The highest BCUT2D eigenvalue weighted by molar-refractivity contribution is 5.94. The SMILES string of the molecule is C[C@H](CCn1cccn1)NC(=O)c1ccc2nc(-c3ccc(F)cc3)cn2c1. The number of halogens is 1. The van der Waals surface area contributed by atoms with Gasteiger partial charge in [-0.05, 0) is 55.8 Å². The van der Waals surface area contributed by atoms with Gasteiger partial charge >= 0.3 is 0 Å². The molecule has 4 rings (SSSR count). The topological polar surface area (TPSA) is 64.2 Å². The summed E-state index contributed by atoms with van der Waals surface area (Å²) >= 11 is 0. The number of carbonyl (C=O) groups excluding carboxylic acids is 1. The summed E-state index contributed by atoms with van der Waals surface area (Å²) in [7, 11) is 0. The van der Waals surface area contributed by atoms with Gasteiger partial charge in [0.25, 0.3) is 5.91 Å². The number of pyridine rings is 1. The van der Waals surface area contributed by atoms with Crippen LogP contribution in [0.1, 0.15) is 23.7 Å². The van der Waals surface area contributed by atoms with Crippen LogP contribution in [-0.2, 0) is 6.54 Å². The molecule has 0 spiro atoms. The van der Waals surface area contributed by atoms with Gasteiger partial charge in [0.15, 0.2) is 0 Å². The summed E-state index contributed by atoms with van der Waals surface area (Å²) in [6, 6.07) is 11.6. The molecular weight excluding hydrogens is 357 g/mol. The Morgan fingerprint density at radius 2 is 2.00 bits per heavy atom. The number of imidazole rings is 1. The van der Waals surface area contributed by atoms with Gasteiger partial charge in [-0.3, -0.25) is 9.48 Å². The lowest BCUT2D eigenvalue weighted by Crippen LogP contribution is -2.33. The second-order valence-corrected chi connectivity index (χ2v) is 6.75. The van der Waals surface area contributed by atoms with Crippen molar-refractivity contribution in [2.24, 2.45) is 0 Å². The average Bonchev–Trinajstić information content (AvgIpc) is 3.36. The third-order valence-corrected chi connectivity index (χ3v) is 4.58. The van der Waals surface area contributed by atoms with Gasteiger partial charge in [-0.2, -0.15) is 5.10 Å². The van der Waals surface area contributed by atoms with Crippen LogP contribution >= 0.6 is 0 Å². The number of amides is 1. The Morgan fingerprint density at radius 1 is 1.18 bits per heavy atom. The van der Waals surface area contributed by atoms with Crippen LogP contribution in [0.15, 0.2) is 67.3 Å². The molecule has 7 heteroatoms. The lowest BCUT2D eigenvalue weighted by Gasteiger charge is -2.14. The highest BCUT2D eigenvalue weighted by Crippen LogP contribution is 2.20. The molecular formula is C21H20FN5O. The van der Waals surface area contributed by atoms with Gasteiger partial charge in [0, 0.05) is 42.9 Å². The molecule has 0 bridgehead atoms. The molecule has 1 atom stereocenters. The standard InChI is InChI=1S/C21H20FN5O/c1-15(9-12-27-11-2-10-23-27)24-21(28)17-5-8-20-25-19(14-26(20)13-17)16-3-6-18(22)7-4-16/h2-8,10-11,13-15H,9,12H2,1H3,(H,24,28)/t15-/m1/s1. The number of nitrogens with one attached hydrogen (secondary N) is 1. The minimum absolute atomic E-state index is 0.0185. The summed E-state index contributed by atoms with van der Waals surface area (Å²) in [6.07, 6.45) is 8.02. The fourth-order valence-electron chi connectivity index (χ4n) is 3.02. The van der Waals surface area contributed by atoms with Gasteiger partial charge < -0.3 is 9.72 Å². The van der Waals surface area contributed by atoms with Crippen molar-refractivity contribution in [2.75, 3.05) is 0 Å². The molecule has 142 valence electrons. The van der Waals surface area contributed by atoms with Crippen LogP contribution in [0.3, 0.4) is 0 Å². The number of hydrogen-bond acceptors (Lipinski definition) is 3. The normalized spacial score (nSPS) is 12.2. The summed E-state index contributed by atoms with van der Waals surface area (Å²) < 4.78 is 16.8. The van der Waals surface area contributed by atoms with Crippen LogP contribution in [0.2, 0.25) is 0 Å². The van der Waals surface area contributed by atoms with E-state index in [-0.39, 0.29) is 17.8 Å². The van der Waals surface area contributed by atoms with Crippen LogP contribution in [0.25, 0.3) is 16.9 Å². The van der Waals surface area contributed by atoms with Gasteiger partial charge in [-0.15, -0.1) is 0 Å². The van der Waals surface area contributed by atoms with Crippen molar-refractivity contribution in [1.29, 1.82) is 0 Å². The number of aromatic nitrogens is 4. The van der Waals surface area contributed by atoms with E-state index in [1.54, 1.807) is 36.7 Å². The van der Waals surface area contributed by atoms with Gasteiger partial charge in [0.05, 0.1) is 11.3 Å². The van der Waals surface area contributed by atoms with Crippen molar-refractivity contribution in [1.82, 2.24) is 24.5 Å². The molecule has 1 N–H and O–H groups in total. The first kappa shape index (κ1) is 17.9. The maximum Gasteiger partial charge on any atom is 0.252 e. The Labute approximate surface area is 161 Å². The first-order valence-corrected chi connectivity index (χ1v) is 9.11. The zero-order chi connectivity index (χ0) is 19.5. The van der Waals surface area contributed by atoms with Crippen LogP contribution < -0.4 is 5.32 Å². The van der Waals surface area contributed by atoms with E-state index in [1.165, 1.54) is 12.1 Å². The maximum absolute atomic E-state index is 13.1. The van der Waals surface area contributed by atoms with E-state index in [2.05, 4.69) is 15.4 Å². The molecule has 0 radical (unpaired) electrons. The van der Waals surface area contributed by atoms with E-state index in [1.807, 2.05) is 34.5 Å². The largest absolute Gasteiger partial charge is 0.349 e.